The van der Waals surface area contributed by atoms with E-state index < -0.39 is 0 Å². The van der Waals surface area contributed by atoms with Gasteiger partial charge in [-0.25, -0.2) is 0 Å². The molecule has 23 heavy (non-hydrogen) atoms. The Bertz CT molecular complexity index is 697. The number of para-hydroxylation sites is 1. The fraction of sp³-hybridized carbons (Fsp3) is 0.571. The molecule has 2 nitrogen and oxygen atoms in total. The number of nitrogens with one attached hydrogen (secondary N) is 1. The molecule has 0 unspecified atom stereocenters. The molecule has 0 bridgehead atoms. The Labute approximate surface area is 140 Å². The predicted molar refractivity (Wildman–Crippen MR) is 100 cm³/mol. The van der Waals surface area contributed by atoms with Crippen molar-refractivity contribution in [3.05, 3.63) is 45.2 Å². The maximum Gasteiger partial charge on any atom is 0.251 e. The van der Waals surface area contributed by atoms with Gasteiger partial charge in [0.2, 0.25) is 0 Å². The first-order chi connectivity index (χ1) is 11.1. The van der Waals surface area contributed by atoms with Gasteiger partial charge in [0.1, 0.15) is 0 Å². The van der Waals surface area contributed by atoms with E-state index in [1.54, 1.807) is 0 Å². The van der Waals surface area contributed by atoms with Gasteiger partial charge in [0.05, 0.1) is 5.52 Å². The Hall–Kier alpha value is -1.57. The third-order valence-corrected chi connectivity index (χ3v) is 4.73. The number of H-pyrrole nitrogens is 1. The molecule has 0 radical (unpaired) electrons. The second-order valence-electron chi connectivity index (χ2n) is 6.90. The fourth-order valence-corrected chi connectivity index (χ4v) is 3.39. The van der Waals surface area contributed by atoms with E-state index in [0.717, 1.165) is 36.8 Å². The minimum absolute atomic E-state index is 0.130. The first-order valence-electron chi connectivity index (χ1n) is 9.26. The van der Waals surface area contributed by atoms with E-state index in [2.05, 4.69) is 50.9 Å². The van der Waals surface area contributed by atoms with Crippen LogP contribution in [0, 0.1) is 0 Å². The van der Waals surface area contributed by atoms with Crippen LogP contribution in [0.5, 0.6) is 0 Å². The molecular formula is C21H31NO. The van der Waals surface area contributed by atoms with Gasteiger partial charge in [-0.05, 0) is 42.7 Å². The second kappa shape index (κ2) is 8.33. The van der Waals surface area contributed by atoms with E-state index in [1.807, 2.05) is 0 Å². The number of aryl methyl sites for hydroxylation is 1. The van der Waals surface area contributed by atoms with Gasteiger partial charge in [0, 0.05) is 10.9 Å². The van der Waals surface area contributed by atoms with Crippen molar-refractivity contribution in [1.82, 2.24) is 4.98 Å². The molecule has 1 heterocycles. The standard InChI is InChI=1S/C21H31NO/c1-5-7-9-12-17-18-14-10-13-16(15(3)4)20(18)22-21(23)19(17)11-8-6-2/h10,13-15H,5-9,11-12H2,1-4H3,(H,22,23). The van der Waals surface area contributed by atoms with Crippen LogP contribution in [-0.4, -0.2) is 4.98 Å². The van der Waals surface area contributed by atoms with E-state index in [1.165, 1.54) is 35.8 Å². The largest absolute Gasteiger partial charge is 0.321 e. The summed E-state index contributed by atoms with van der Waals surface area (Å²) in [6.07, 6.45) is 7.73. The fourth-order valence-electron chi connectivity index (χ4n) is 3.39. The van der Waals surface area contributed by atoms with Crippen LogP contribution in [0.4, 0.5) is 0 Å². The zero-order chi connectivity index (χ0) is 16.8. The molecule has 0 atom stereocenters. The third kappa shape index (κ3) is 4.04. The van der Waals surface area contributed by atoms with Gasteiger partial charge in [-0.1, -0.05) is 65.2 Å². The lowest BCUT2D eigenvalue weighted by molar-refractivity contribution is 0.707. The van der Waals surface area contributed by atoms with Crippen molar-refractivity contribution in [3.8, 4) is 0 Å². The van der Waals surface area contributed by atoms with Crippen LogP contribution >= 0.6 is 0 Å². The molecule has 0 amide bonds. The Morgan fingerprint density at radius 2 is 1.65 bits per heavy atom. The summed E-state index contributed by atoms with van der Waals surface area (Å²) in [5.41, 5.74) is 4.76. The number of hydrogen-bond acceptors (Lipinski definition) is 1. The van der Waals surface area contributed by atoms with Crippen LogP contribution in [0.1, 0.15) is 82.4 Å². The second-order valence-corrected chi connectivity index (χ2v) is 6.90. The molecule has 0 spiro atoms. The Morgan fingerprint density at radius 1 is 0.957 bits per heavy atom. The topological polar surface area (TPSA) is 32.9 Å². The van der Waals surface area contributed by atoms with Crippen LogP contribution in [0.25, 0.3) is 10.9 Å². The van der Waals surface area contributed by atoms with Crippen LogP contribution in [0.15, 0.2) is 23.0 Å². The number of rotatable bonds is 8. The number of aromatic nitrogens is 1. The summed E-state index contributed by atoms with van der Waals surface area (Å²) in [6.45, 7) is 8.79. The van der Waals surface area contributed by atoms with Crippen molar-refractivity contribution in [2.45, 2.75) is 78.6 Å². The number of unbranched alkanes of at least 4 members (excludes halogenated alkanes) is 3. The number of aromatic amines is 1. The molecule has 0 saturated carbocycles. The average molecular weight is 313 g/mol. The molecule has 1 aromatic carbocycles. The summed E-state index contributed by atoms with van der Waals surface area (Å²) in [4.78, 5) is 15.9. The minimum atomic E-state index is 0.130. The molecule has 126 valence electrons. The molecule has 1 aromatic heterocycles. The van der Waals surface area contributed by atoms with Crippen molar-refractivity contribution in [2.75, 3.05) is 0 Å². The smallest absolute Gasteiger partial charge is 0.251 e. The normalized spacial score (nSPS) is 11.5. The number of fused-ring (bicyclic) bond motifs is 1. The van der Waals surface area contributed by atoms with Gasteiger partial charge >= 0.3 is 0 Å². The Balaban J connectivity index is 2.61. The van der Waals surface area contributed by atoms with Crippen LogP contribution < -0.4 is 5.56 Å². The highest BCUT2D eigenvalue weighted by atomic mass is 16.1. The van der Waals surface area contributed by atoms with Gasteiger partial charge in [0.25, 0.3) is 5.56 Å². The molecule has 0 saturated heterocycles. The predicted octanol–water partition coefficient (Wildman–Crippen LogP) is 5.73. The van der Waals surface area contributed by atoms with Crippen molar-refractivity contribution in [1.29, 1.82) is 0 Å². The number of pyridine rings is 1. The van der Waals surface area contributed by atoms with Crippen molar-refractivity contribution >= 4 is 10.9 Å². The Kier molecular flexibility index (Phi) is 6.44. The zero-order valence-electron chi connectivity index (χ0n) is 15.2. The molecule has 2 heteroatoms. The Morgan fingerprint density at radius 3 is 2.30 bits per heavy atom. The lowest BCUT2D eigenvalue weighted by Gasteiger charge is -2.16. The molecule has 2 aromatic rings. The SMILES string of the molecule is CCCCCc1c(CCCC)c(=O)[nH]c2c(C(C)C)cccc12. The first kappa shape index (κ1) is 17.8. The van der Waals surface area contributed by atoms with E-state index in [4.69, 9.17) is 0 Å². The summed E-state index contributed by atoms with van der Waals surface area (Å²) in [5, 5.41) is 1.26. The third-order valence-electron chi connectivity index (χ3n) is 4.73. The lowest BCUT2D eigenvalue weighted by atomic mass is 9.91. The minimum Gasteiger partial charge on any atom is -0.321 e. The molecule has 0 aliphatic heterocycles. The van der Waals surface area contributed by atoms with Crippen molar-refractivity contribution in [3.63, 3.8) is 0 Å². The maximum atomic E-state index is 12.7. The van der Waals surface area contributed by atoms with Crippen LogP contribution in [0.2, 0.25) is 0 Å². The highest BCUT2D eigenvalue weighted by Gasteiger charge is 2.15. The summed E-state index contributed by atoms with van der Waals surface area (Å²) in [7, 11) is 0. The quantitative estimate of drug-likeness (QED) is 0.620. The van der Waals surface area contributed by atoms with Gasteiger partial charge < -0.3 is 4.98 Å². The summed E-state index contributed by atoms with van der Waals surface area (Å²) >= 11 is 0. The van der Waals surface area contributed by atoms with Crippen LogP contribution in [0.3, 0.4) is 0 Å². The summed E-state index contributed by atoms with van der Waals surface area (Å²) in [6, 6.07) is 6.47. The van der Waals surface area contributed by atoms with Crippen molar-refractivity contribution in [2.24, 2.45) is 0 Å². The van der Waals surface area contributed by atoms with E-state index in [9.17, 15) is 4.79 Å². The van der Waals surface area contributed by atoms with Gasteiger partial charge in [-0.3, -0.25) is 4.79 Å². The number of benzene rings is 1. The summed E-state index contributed by atoms with van der Waals surface area (Å²) < 4.78 is 0. The first-order valence-corrected chi connectivity index (χ1v) is 9.26. The number of hydrogen-bond donors (Lipinski definition) is 1. The highest BCUT2D eigenvalue weighted by molar-refractivity contribution is 5.86. The molecule has 0 fully saturated rings. The van der Waals surface area contributed by atoms with Gasteiger partial charge in [0.15, 0.2) is 0 Å². The molecular weight excluding hydrogens is 282 g/mol. The van der Waals surface area contributed by atoms with E-state index in [0.29, 0.717) is 5.92 Å². The lowest BCUT2D eigenvalue weighted by Crippen LogP contribution is -2.17. The average Bonchev–Trinajstić information content (AvgIpc) is 2.53. The maximum absolute atomic E-state index is 12.7. The van der Waals surface area contributed by atoms with Gasteiger partial charge in [-0.2, -0.15) is 0 Å². The van der Waals surface area contributed by atoms with E-state index >= 15 is 0 Å². The van der Waals surface area contributed by atoms with Gasteiger partial charge in [-0.15, -0.1) is 0 Å². The highest BCUT2D eigenvalue weighted by Crippen LogP contribution is 2.28. The molecule has 0 aliphatic rings. The van der Waals surface area contributed by atoms with Crippen LogP contribution in [-0.2, 0) is 12.8 Å². The monoisotopic (exact) mass is 313 g/mol. The summed E-state index contributed by atoms with van der Waals surface area (Å²) in [5.74, 6) is 0.416. The molecule has 2 rings (SSSR count). The van der Waals surface area contributed by atoms with E-state index in [-0.39, 0.29) is 5.56 Å². The zero-order valence-corrected chi connectivity index (χ0v) is 15.2. The van der Waals surface area contributed by atoms with Crippen molar-refractivity contribution < 1.29 is 0 Å². The molecule has 1 N–H and O–H groups in total. The molecule has 0 aliphatic carbocycles.